The van der Waals surface area contributed by atoms with Gasteiger partial charge < -0.3 is 4.52 Å². The minimum atomic E-state index is 0.608. The quantitative estimate of drug-likeness (QED) is 0.632. The predicted octanol–water partition coefficient (Wildman–Crippen LogP) is 4.56. The van der Waals surface area contributed by atoms with E-state index < -0.39 is 0 Å². The number of nitrogens with zero attached hydrogens (tertiary/aromatic N) is 3. The molecule has 0 aliphatic carbocycles. The lowest BCUT2D eigenvalue weighted by Gasteiger charge is -1.97. The molecule has 0 unspecified atom stereocenters. The summed E-state index contributed by atoms with van der Waals surface area (Å²) in [5.74, 6) is 1.86. The topological polar surface area (TPSA) is 51.8 Å². The van der Waals surface area contributed by atoms with E-state index in [1.165, 1.54) is 0 Å². The molecule has 20 heavy (non-hydrogen) atoms. The molecule has 0 bridgehead atoms. The van der Waals surface area contributed by atoms with E-state index in [0.29, 0.717) is 17.5 Å². The summed E-state index contributed by atoms with van der Waals surface area (Å²) in [6, 6.07) is 6.01. The van der Waals surface area contributed by atoms with Crippen molar-refractivity contribution in [2.75, 3.05) is 0 Å². The van der Waals surface area contributed by atoms with Gasteiger partial charge in [0.15, 0.2) is 0 Å². The predicted molar refractivity (Wildman–Crippen MR) is 83.8 cm³/mol. The largest absolute Gasteiger partial charge is 0.338 e. The van der Waals surface area contributed by atoms with Crippen molar-refractivity contribution in [2.45, 2.75) is 17.7 Å². The molecule has 3 heterocycles. The van der Waals surface area contributed by atoms with Crippen molar-refractivity contribution in [2.24, 2.45) is 0 Å². The first-order valence-corrected chi connectivity index (χ1v) is 8.49. The number of aryl methyl sites for hydroxylation is 1. The summed E-state index contributed by atoms with van der Waals surface area (Å²) in [4.78, 5) is 9.71. The highest BCUT2D eigenvalue weighted by atomic mass is 79.9. The highest BCUT2D eigenvalue weighted by molar-refractivity contribution is 9.10. The van der Waals surface area contributed by atoms with Gasteiger partial charge in [-0.05, 0) is 40.5 Å². The number of pyridine rings is 1. The minimum absolute atomic E-state index is 0.608. The van der Waals surface area contributed by atoms with E-state index in [1.807, 2.05) is 36.7 Å². The Morgan fingerprint density at radius 2 is 2.30 bits per heavy atom. The molecule has 0 atom stereocenters. The van der Waals surface area contributed by atoms with Crippen molar-refractivity contribution in [1.29, 1.82) is 0 Å². The Kier molecular flexibility index (Phi) is 4.18. The van der Waals surface area contributed by atoms with Crippen LogP contribution in [0.2, 0.25) is 0 Å². The highest BCUT2D eigenvalue weighted by Crippen LogP contribution is 2.28. The lowest BCUT2D eigenvalue weighted by atomic mass is 10.3. The smallest absolute Gasteiger partial charge is 0.237 e. The molecule has 3 aromatic heterocycles. The second-order valence-electron chi connectivity index (χ2n) is 4.10. The molecule has 0 saturated carbocycles. The van der Waals surface area contributed by atoms with Crippen LogP contribution in [0.15, 0.2) is 43.8 Å². The van der Waals surface area contributed by atoms with Gasteiger partial charge in [0.1, 0.15) is 0 Å². The van der Waals surface area contributed by atoms with E-state index in [2.05, 4.69) is 31.1 Å². The van der Waals surface area contributed by atoms with Crippen LogP contribution in [0.25, 0.3) is 10.7 Å². The number of rotatable bonds is 4. The number of hydrogen-bond acceptors (Lipinski definition) is 6. The number of halogens is 1. The molecule has 0 fully saturated rings. The summed E-state index contributed by atoms with van der Waals surface area (Å²) in [6.07, 6.45) is 1.85. The fourth-order valence-electron chi connectivity index (χ4n) is 1.52. The maximum Gasteiger partial charge on any atom is 0.237 e. The van der Waals surface area contributed by atoms with Gasteiger partial charge in [-0.3, -0.25) is 0 Å². The number of aromatic nitrogens is 3. The first-order valence-electron chi connectivity index (χ1n) is 5.83. The Morgan fingerprint density at radius 1 is 1.40 bits per heavy atom. The normalized spacial score (nSPS) is 10.9. The van der Waals surface area contributed by atoms with Gasteiger partial charge in [-0.25, -0.2) is 4.98 Å². The van der Waals surface area contributed by atoms with Crippen molar-refractivity contribution in [3.63, 3.8) is 0 Å². The van der Waals surface area contributed by atoms with Gasteiger partial charge in [-0.2, -0.15) is 4.98 Å². The van der Waals surface area contributed by atoms with E-state index in [-0.39, 0.29) is 0 Å². The van der Waals surface area contributed by atoms with E-state index in [0.717, 1.165) is 19.9 Å². The van der Waals surface area contributed by atoms with Gasteiger partial charge >= 0.3 is 0 Å². The lowest BCUT2D eigenvalue weighted by Crippen LogP contribution is -1.84. The average Bonchev–Trinajstić information content (AvgIpc) is 3.07. The molecule has 0 aliphatic rings. The van der Waals surface area contributed by atoms with Crippen molar-refractivity contribution in [3.05, 3.63) is 45.7 Å². The molecule has 0 radical (unpaired) electrons. The Bertz CT molecular complexity index is 708. The summed E-state index contributed by atoms with van der Waals surface area (Å²) < 4.78 is 6.29. The third-order valence-corrected chi connectivity index (χ3v) is 5.10. The minimum Gasteiger partial charge on any atom is -0.338 e. The van der Waals surface area contributed by atoms with E-state index in [4.69, 9.17) is 4.52 Å². The first kappa shape index (κ1) is 13.8. The number of thiophene rings is 1. The second kappa shape index (κ2) is 6.07. The molecule has 4 nitrogen and oxygen atoms in total. The molecule has 0 aliphatic heterocycles. The summed E-state index contributed by atoms with van der Waals surface area (Å²) in [5.41, 5.74) is 1.15. The van der Waals surface area contributed by atoms with E-state index in [9.17, 15) is 0 Å². The maximum absolute atomic E-state index is 5.26. The molecule has 3 rings (SSSR count). The van der Waals surface area contributed by atoms with Gasteiger partial charge in [-0.1, -0.05) is 23.0 Å². The molecule has 0 aromatic carbocycles. The average molecular weight is 368 g/mol. The van der Waals surface area contributed by atoms with Crippen LogP contribution >= 0.6 is 39.0 Å². The van der Waals surface area contributed by atoms with Crippen molar-refractivity contribution >= 4 is 39.0 Å². The van der Waals surface area contributed by atoms with Gasteiger partial charge in [0.25, 0.3) is 0 Å². The van der Waals surface area contributed by atoms with Crippen LogP contribution in [0, 0.1) is 6.92 Å². The summed E-state index contributed by atoms with van der Waals surface area (Å²) in [6.45, 7) is 2.02. The van der Waals surface area contributed by atoms with Crippen LogP contribution in [0.5, 0.6) is 0 Å². The van der Waals surface area contributed by atoms with Gasteiger partial charge in [-0.15, -0.1) is 11.3 Å². The van der Waals surface area contributed by atoms with Crippen molar-refractivity contribution in [3.8, 4) is 10.7 Å². The molecular weight excluding hydrogens is 358 g/mol. The first-order chi connectivity index (χ1) is 9.70. The molecular formula is C13H10BrN3OS2. The molecule has 7 heteroatoms. The zero-order valence-corrected chi connectivity index (χ0v) is 13.8. The fraction of sp³-hybridized carbons (Fsp3) is 0.154. The van der Waals surface area contributed by atoms with Crippen LogP contribution in [0.3, 0.4) is 0 Å². The summed E-state index contributed by atoms with van der Waals surface area (Å²) in [5, 5.41) is 6.95. The van der Waals surface area contributed by atoms with Gasteiger partial charge in [0, 0.05) is 16.0 Å². The zero-order chi connectivity index (χ0) is 13.9. The standard InChI is InChI=1S/C13H10BrN3OS2/c1-8-2-3-12(15-5-8)20-7-11-16-13(17-18-11)10-4-9(14)6-19-10/h2-6H,7H2,1H3. The van der Waals surface area contributed by atoms with E-state index >= 15 is 0 Å². The highest BCUT2D eigenvalue weighted by Gasteiger charge is 2.11. The van der Waals surface area contributed by atoms with E-state index in [1.54, 1.807) is 23.1 Å². The third kappa shape index (κ3) is 3.28. The number of thioether (sulfide) groups is 1. The van der Waals surface area contributed by atoms with Crippen LogP contribution < -0.4 is 0 Å². The molecule has 3 aromatic rings. The van der Waals surface area contributed by atoms with Crippen molar-refractivity contribution < 1.29 is 4.52 Å². The Hall–Kier alpha value is -1.18. The number of hydrogen-bond donors (Lipinski definition) is 0. The van der Waals surface area contributed by atoms with Gasteiger partial charge in [0.2, 0.25) is 11.7 Å². The fourth-order valence-corrected chi connectivity index (χ4v) is 3.55. The van der Waals surface area contributed by atoms with Gasteiger partial charge in [0.05, 0.1) is 15.7 Å². The molecule has 102 valence electrons. The van der Waals surface area contributed by atoms with Crippen LogP contribution in [0.4, 0.5) is 0 Å². The Labute approximate surface area is 132 Å². The Morgan fingerprint density at radius 3 is 3.00 bits per heavy atom. The molecule has 0 spiro atoms. The molecule has 0 saturated heterocycles. The van der Waals surface area contributed by atoms with Crippen molar-refractivity contribution in [1.82, 2.24) is 15.1 Å². The lowest BCUT2D eigenvalue weighted by molar-refractivity contribution is 0.392. The third-order valence-electron chi connectivity index (χ3n) is 2.48. The summed E-state index contributed by atoms with van der Waals surface area (Å²) in [7, 11) is 0. The Balaban J connectivity index is 1.67. The van der Waals surface area contributed by atoms with Crippen LogP contribution in [-0.2, 0) is 5.75 Å². The van der Waals surface area contributed by atoms with Crippen LogP contribution in [0.1, 0.15) is 11.5 Å². The summed E-state index contributed by atoms with van der Waals surface area (Å²) >= 11 is 6.58. The SMILES string of the molecule is Cc1ccc(SCc2nc(-c3cc(Br)cs3)no2)nc1. The maximum atomic E-state index is 5.26. The zero-order valence-electron chi connectivity index (χ0n) is 10.5. The van der Waals surface area contributed by atoms with Crippen LogP contribution in [-0.4, -0.2) is 15.1 Å². The molecule has 0 N–H and O–H groups in total. The second-order valence-corrected chi connectivity index (χ2v) is 6.93. The molecule has 0 amide bonds. The monoisotopic (exact) mass is 367 g/mol.